The summed E-state index contributed by atoms with van der Waals surface area (Å²) in [5.74, 6) is -4.08. The Morgan fingerprint density at radius 3 is 2.17 bits per heavy atom. The van der Waals surface area contributed by atoms with E-state index in [-0.39, 0.29) is 5.69 Å². The predicted octanol–water partition coefficient (Wildman–Crippen LogP) is 1.88. The van der Waals surface area contributed by atoms with Crippen LogP contribution in [0.25, 0.3) is 5.69 Å². The zero-order valence-corrected chi connectivity index (χ0v) is 9.78. The van der Waals surface area contributed by atoms with Crippen LogP contribution in [0.15, 0.2) is 18.3 Å². The summed E-state index contributed by atoms with van der Waals surface area (Å²) in [6, 6.07) is 1.67. The minimum Gasteiger partial charge on any atom is -0.320 e. The summed E-state index contributed by atoms with van der Waals surface area (Å²) in [5, 5.41) is 7.49. The molecule has 18 heavy (non-hydrogen) atoms. The van der Waals surface area contributed by atoms with Crippen LogP contribution in [0.3, 0.4) is 0 Å². The first kappa shape index (κ1) is 12.6. The van der Waals surface area contributed by atoms with Gasteiger partial charge in [-0.15, -0.1) is 5.10 Å². The number of nitrogens with two attached hydrogens (primary N) is 1. The molecule has 0 radical (unpaired) electrons. The predicted molar refractivity (Wildman–Crippen MR) is 58.4 cm³/mol. The van der Waals surface area contributed by atoms with E-state index in [1.165, 1.54) is 6.20 Å². The lowest BCUT2D eigenvalue weighted by Crippen LogP contribution is -2.29. The van der Waals surface area contributed by atoms with Gasteiger partial charge in [0.1, 0.15) is 5.69 Å². The van der Waals surface area contributed by atoms with Crippen molar-refractivity contribution >= 4 is 0 Å². The van der Waals surface area contributed by atoms with Crippen molar-refractivity contribution in [3.8, 4) is 5.69 Å². The first-order chi connectivity index (χ1) is 8.29. The van der Waals surface area contributed by atoms with Gasteiger partial charge in [-0.3, -0.25) is 0 Å². The van der Waals surface area contributed by atoms with Gasteiger partial charge in [0.15, 0.2) is 17.5 Å². The molecule has 0 spiro atoms. The molecule has 0 fully saturated rings. The molecule has 1 aromatic carbocycles. The van der Waals surface area contributed by atoms with Gasteiger partial charge in [-0.1, -0.05) is 5.21 Å². The highest BCUT2D eigenvalue weighted by Crippen LogP contribution is 2.18. The van der Waals surface area contributed by atoms with Gasteiger partial charge in [0.25, 0.3) is 0 Å². The van der Waals surface area contributed by atoms with Crippen LogP contribution in [-0.2, 0) is 5.54 Å². The van der Waals surface area contributed by atoms with E-state index < -0.39 is 23.0 Å². The molecule has 2 N–H and O–H groups in total. The highest BCUT2D eigenvalue weighted by molar-refractivity contribution is 5.33. The normalized spacial score (nSPS) is 11.9. The van der Waals surface area contributed by atoms with Crippen LogP contribution in [-0.4, -0.2) is 15.0 Å². The first-order valence-electron chi connectivity index (χ1n) is 5.15. The Bertz CT molecular complexity index is 563. The second kappa shape index (κ2) is 4.09. The molecule has 0 saturated heterocycles. The maximum absolute atomic E-state index is 13.1. The Labute approximate surface area is 101 Å². The van der Waals surface area contributed by atoms with Crippen molar-refractivity contribution in [3.63, 3.8) is 0 Å². The molecule has 2 aromatic rings. The molecule has 0 unspecified atom stereocenters. The van der Waals surface area contributed by atoms with E-state index in [0.29, 0.717) is 5.69 Å². The van der Waals surface area contributed by atoms with Gasteiger partial charge in [-0.2, -0.15) is 0 Å². The maximum Gasteiger partial charge on any atom is 0.194 e. The Kier molecular flexibility index (Phi) is 2.86. The summed E-state index contributed by atoms with van der Waals surface area (Å²) >= 11 is 0. The molecule has 1 heterocycles. The molecule has 0 aliphatic carbocycles. The molecular formula is C11H11F3N4. The number of rotatable bonds is 2. The first-order valence-corrected chi connectivity index (χ1v) is 5.15. The lowest BCUT2D eigenvalue weighted by molar-refractivity contribution is 0.446. The van der Waals surface area contributed by atoms with Gasteiger partial charge >= 0.3 is 0 Å². The van der Waals surface area contributed by atoms with Crippen LogP contribution in [0.2, 0.25) is 0 Å². The molecule has 0 bridgehead atoms. The van der Waals surface area contributed by atoms with Gasteiger partial charge in [0.05, 0.1) is 17.4 Å². The van der Waals surface area contributed by atoms with Crippen molar-refractivity contribution < 1.29 is 13.2 Å². The quantitative estimate of drug-likeness (QED) is 0.835. The summed E-state index contributed by atoms with van der Waals surface area (Å²) < 4.78 is 40.1. The molecule has 4 nitrogen and oxygen atoms in total. The molecule has 0 amide bonds. The third-order valence-electron chi connectivity index (χ3n) is 2.39. The van der Waals surface area contributed by atoms with Crippen LogP contribution in [0.4, 0.5) is 13.2 Å². The number of benzene rings is 1. The van der Waals surface area contributed by atoms with E-state index >= 15 is 0 Å². The molecular weight excluding hydrogens is 245 g/mol. The smallest absolute Gasteiger partial charge is 0.194 e. The van der Waals surface area contributed by atoms with Crippen LogP contribution in [0.1, 0.15) is 19.5 Å². The number of aromatic nitrogens is 3. The third kappa shape index (κ3) is 2.21. The average molecular weight is 256 g/mol. The highest BCUT2D eigenvalue weighted by Gasteiger charge is 2.19. The number of hydrogen-bond acceptors (Lipinski definition) is 3. The number of hydrogen-bond donors (Lipinski definition) is 1. The van der Waals surface area contributed by atoms with Crippen LogP contribution < -0.4 is 5.73 Å². The van der Waals surface area contributed by atoms with Crippen molar-refractivity contribution in [3.05, 3.63) is 41.5 Å². The maximum atomic E-state index is 13.1. The molecule has 96 valence electrons. The van der Waals surface area contributed by atoms with Crippen molar-refractivity contribution in [2.24, 2.45) is 5.73 Å². The fourth-order valence-corrected chi connectivity index (χ4v) is 1.36. The van der Waals surface area contributed by atoms with Gasteiger partial charge in [0, 0.05) is 12.1 Å². The molecule has 7 heteroatoms. The Hall–Kier alpha value is -1.89. The monoisotopic (exact) mass is 256 g/mol. The molecule has 0 saturated carbocycles. The van der Waals surface area contributed by atoms with Crippen LogP contribution in [0, 0.1) is 17.5 Å². The van der Waals surface area contributed by atoms with Crippen molar-refractivity contribution in [2.45, 2.75) is 19.4 Å². The summed E-state index contributed by atoms with van der Waals surface area (Å²) in [6.07, 6.45) is 1.44. The van der Waals surface area contributed by atoms with Gasteiger partial charge in [0.2, 0.25) is 0 Å². The zero-order valence-electron chi connectivity index (χ0n) is 9.78. The number of halogens is 3. The van der Waals surface area contributed by atoms with Gasteiger partial charge in [-0.25, -0.2) is 17.9 Å². The van der Waals surface area contributed by atoms with Crippen molar-refractivity contribution in [1.82, 2.24) is 15.0 Å². The van der Waals surface area contributed by atoms with E-state index in [1.54, 1.807) is 13.8 Å². The summed E-state index contributed by atoms with van der Waals surface area (Å²) in [5.41, 5.74) is 5.57. The Morgan fingerprint density at radius 2 is 1.72 bits per heavy atom. The molecule has 1 aromatic heterocycles. The fourth-order valence-electron chi connectivity index (χ4n) is 1.36. The summed E-state index contributed by atoms with van der Waals surface area (Å²) in [4.78, 5) is 0. The Balaban J connectivity index is 2.47. The van der Waals surface area contributed by atoms with Gasteiger partial charge < -0.3 is 5.73 Å². The lowest BCUT2D eigenvalue weighted by atomic mass is 10.0. The summed E-state index contributed by atoms with van der Waals surface area (Å²) in [7, 11) is 0. The lowest BCUT2D eigenvalue weighted by Gasteiger charge is -2.13. The van der Waals surface area contributed by atoms with Gasteiger partial charge in [-0.05, 0) is 13.8 Å². The molecule has 0 aliphatic heterocycles. The minimum atomic E-state index is -1.52. The van der Waals surface area contributed by atoms with Crippen LogP contribution in [0.5, 0.6) is 0 Å². The van der Waals surface area contributed by atoms with E-state index in [4.69, 9.17) is 5.73 Å². The van der Waals surface area contributed by atoms with E-state index in [9.17, 15) is 13.2 Å². The van der Waals surface area contributed by atoms with E-state index in [0.717, 1.165) is 16.8 Å². The topological polar surface area (TPSA) is 56.7 Å². The van der Waals surface area contributed by atoms with E-state index in [2.05, 4.69) is 10.3 Å². The molecule has 2 rings (SSSR count). The fraction of sp³-hybridized carbons (Fsp3) is 0.273. The second-order valence-electron chi connectivity index (χ2n) is 4.49. The average Bonchev–Trinajstić information content (AvgIpc) is 2.73. The largest absolute Gasteiger partial charge is 0.320 e. The highest BCUT2D eigenvalue weighted by atomic mass is 19.2. The molecule has 0 atom stereocenters. The van der Waals surface area contributed by atoms with Crippen LogP contribution >= 0.6 is 0 Å². The zero-order chi connectivity index (χ0) is 13.5. The SMILES string of the molecule is CC(C)(N)c1cn(-c2cc(F)c(F)c(F)c2)nn1. The molecule has 0 aliphatic rings. The second-order valence-corrected chi connectivity index (χ2v) is 4.49. The third-order valence-corrected chi connectivity index (χ3v) is 2.39. The standard InChI is InChI=1S/C11H11F3N4/c1-11(2,15)9-5-18(17-16-9)6-3-7(12)10(14)8(13)4-6/h3-5H,15H2,1-2H3. The Morgan fingerprint density at radius 1 is 1.17 bits per heavy atom. The van der Waals surface area contributed by atoms with Crippen molar-refractivity contribution in [1.29, 1.82) is 0 Å². The van der Waals surface area contributed by atoms with E-state index in [1.807, 2.05) is 0 Å². The number of nitrogens with zero attached hydrogens (tertiary/aromatic N) is 3. The van der Waals surface area contributed by atoms with Crippen molar-refractivity contribution in [2.75, 3.05) is 0 Å². The summed E-state index contributed by atoms with van der Waals surface area (Å²) in [6.45, 7) is 3.43. The minimum absolute atomic E-state index is 0.0365.